The number of aliphatic carboxylic acids is 1. The highest BCUT2D eigenvalue weighted by atomic mass is 32.1. The van der Waals surface area contributed by atoms with E-state index in [2.05, 4.69) is 0 Å². The van der Waals surface area contributed by atoms with E-state index in [4.69, 9.17) is 5.11 Å². The monoisotopic (exact) mass is 338 g/mol. The van der Waals surface area contributed by atoms with E-state index in [0.29, 0.717) is 19.5 Å². The van der Waals surface area contributed by atoms with Crippen molar-refractivity contribution in [2.45, 2.75) is 39.2 Å². The quantitative estimate of drug-likeness (QED) is 0.911. The van der Waals surface area contributed by atoms with Crippen molar-refractivity contribution in [3.05, 3.63) is 21.9 Å². The lowest BCUT2D eigenvalue weighted by molar-refractivity contribution is -0.145. The van der Waals surface area contributed by atoms with Gasteiger partial charge in [0.2, 0.25) is 5.91 Å². The molecule has 2 amide bonds. The number of carboxylic acid groups (broad SMARTS) is 1. The number of hydrogen-bond donors (Lipinski definition) is 1. The predicted octanol–water partition coefficient (Wildman–Crippen LogP) is 1.98. The minimum Gasteiger partial charge on any atom is -0.480 e. The first kappa shape index (κ1) is 17.5. The molecule has 0 aliphatic carbocycles. The largest absolute Gasteiger partial charge is 0.480 e. The van der Waals surface area contributed by atoms with Crippen LogP contribution in [0.3, 0.4) is 0 Å². The molecule has 1 aliphatic rings. The average Bonchev–Trinajstić information content (AvgIpc) is 2.78. The highest BCUT2D eigenvalue weighted by Crippen LogP contribution is 2.22. The minimum absolute atomic E-state index is 0.0244. The Labute approximate surface area is 139 Å². The van der Waals surface area contributed by atoms with Crippen LogP contribution in [0.15, 0.2) is 12.1 Å². The summed E-state index contributed by atoms with van der Waals surface area (Å²) in [6, 6.07) is 3.66. The van der Waals surface area contributed by atoms with Crippen molar-refractivity contribution in [3.63, 3.8) is 0 Å². The summed E-state index contributed by atoms with van der Waals surface area (Å²) in [5.41, 5.74) is 0. The topological polar surface area (TPSA) is 77.9 Å². The maximum Gasteiger partial charge on any atom is 0.323 e. The van der Waals surface area contributed by atoms with Gasteiger partial charge in [0.15, 0.2) is 0 Å². The molecule has 0 radical (unpaired) electrons. The lowest BCUT2D eigenvalue weighted by Gasteiger charge is -2.28. The van der Waals surface area contributed by atoms with Gasteiger partial charge in [0.25, 0.3) is 5.91 Å². The molecule has 1 fully saturated rings. The van der Waals surface area contributed by atoms with Gasteiger partial charge >= 0.3 is 5.97 Å². The molecule has 1 atom stereocenters. The van der Waals surface area contributed by atoms with Crippen molar-refractivity contribution in [2.75, 3.05) is 19.6 Å². The van der Waals surface area contributed by atoms with E-state index in [1.54, 1.807) is 0 Å². The summed E-state index contributed by atoms with van der Waals surface area (Å²) in [6.07, 6.45) is 2.10. The summed E-state index contributed by atoms with van der Waals surface area (Å²) in [5.74, 6) is -1.21. The Morgan fingerprint density at radius 2 is 2.04 bits per heavy atom. The molecule has 1 N–H and O–H groups in total. The van der Waals surface area contributed by atoms with E-state index in [0.717, 1.165) is 22.6 Å². The second-order valence-corrected chi connectivity index (χ2v) is 7.12. The Balaban J connectivity index is 2.02. The van der Waals surface area contributed by atoms with Crippen molar-refractivity contribution in [1.82, 2.24) is 9.80 Å². The van der Waals surface area contributed by atoms with Crippen LogP contribution in [0.2, 0.25) is 0 Å². The molecule has 0 bridgehead atoms. The van der Waals surface area contributed by atoms with Gasteiger partial charge in [0.1, 0.15) is 6.54 Å². The second-order valence-electron chi connectivity index (χ2n) is 5.83. The molecule has 0 saturated carbocycles. The normalized spacial score (nSPS) is 18.3. The predicted molar refractivity (Wildman–Crippen MR) is 87.6 cm³/mol. The molecule has 1 aliphatic heterocycles. The Morgan fingerprint density at radius 3 is 2.61 bits per heavy atom. The summed E-state index contributed by atoms with van der Waals surface area (Å²) in [4.78, 5) is 40.2. The van der Waals surface area contributed by atoms with Crippen LogP contribution in [0.5, 0.6) is 0 Å². The van der Waals surface area contributed by atoms with Crippen LogP contribution in [0.4, 0.5) is 0 Å². The van der Waals surface area contributed by atoms with Crippen LogP contribution in [0.25, 0.3) is 0 Å². The van der Waals surface area contributed by atoms with Gasteiger partial charge in [-0.3, -0.25) is 14.4 Å². The third-order valence-corrected chi connectivity index (χ3v) is 5.08. The van der Waals surface area contributed by atoms with Crippen LogP contribution >= 0.6 is 11.3 Å². The number of amides is 2. The van der Waals surface area contributed by atoms with Crippen molar-refractivity contribution < 1.29 is 19.5 Å². The van der Waals surface area contributed by atoms with E-state index >= 15 is 0 Å². The van der Waals surface area contributed by atoms with Gasteiger partial charge in [-0.05, 0) is 38.3 Å². The number of thiophene rings is 1. The van der Waals surface area contributed by atoms with Crippen LogP contribution in [-0.4, -0.2) is 58.4 Å². The van der Waals surface area contributed by atoms with Gasteiger partial charge in [0, 0.05) is 30.9 Å². The molecule has 2 heterocycles. The Bertz CT molecular complexity index is 599. The van der Waals surface area contributed by atoms with E-state index in [-0.39, 0.29) is 24.4 Å². The van der Waals surface area contributed by atoms with E-state index in [9.17, 15) is 14.4 Å². The smallest absolute Gasteiger partial charge is 0.323 e. The third kappa shape index (κ3) is 4.54. The first-order valence-corrected chi connectivity index (χ1v) is 8.55. The van der Waals surface area contributed by atoms with Crippen LogP contribution in [0, 0.1) is 6.92 Å². The Morgan fingerprint density at radius 1 is 1.30 bits per heavy atom. The van der Waals surface area contributed by atoms with Gasteiger partial charge in [-0.2, -0.15) is 0 Å². The zero-order chi connectivity index (χ0) is 17.0. The average molecular weight is 338 g/mol. The maximum absolute atomic E-state index is 12.5. The number of hydrogen-bond acceptors (Lipinski definition) is 4. The van der Waals surface area contributed by atoms with Gasteiger partial charge in [0.05, 0.1) is 4.88 Å². The lowest BCUT2D eigenvalue weighted by atomic mass is 10.1. The molecular weight excluding hydrogens is 316 g/mol. The lowest BCUT2D eigenvalue weighted by Crippen LogP contribution is -2.43. The molecule has 126 valence electrons. The number of rotatable bonds is 4. The molecule has 0 aromatic carbocycles. The van der Waals surface area contributed by atoms with Crippen LogP contribution in [-0.2, 0) is 9.59 Å². The molecule has 1 aromatic rings. The number of aryl methyl sites for hydroxylation is 1. The fourth-order valence-electron chi connectivity index (χ4n) is 2.94. The highest BCUT2D eigenvalue weighted by molar-refractivity contribution is 7.13. The van der Waals surface area contributed by atoms with Crippen LogP contribution < -0.4 is 0 Å². The molecule has 1 saturated heterocycles. The van der Waals surface area contributed by atoms with Gasteiger partial charge in [-0.15, -0.1) is 11.3 Å². The molecule has 23 heavy (non-hydrogen) atoms. The molecular formula is C16H22N2O4S. The van der Waals surface area contributed by atoms with E-state index < -0.39 is 5.97 Å². The van der Waals surface area contributed by atoms with Gasteiger partial charge in [-0.1, -0.05) is 0 Å². The fraction of sp³-hybridized carbons (Fsp3) is 0.562. The molecule has 7 heteroatoms. The van der Waals surface area contributed by atoms with Crippen molar-refractivity contribution >= 4 is 29.1 Å². The van der Waals surface area contributed by atoms with Gasteiger partial charge < -0.3 is 14.9 Å². The number of likely N-dealkylation sites (tertiary alicyclic amines) is 1. The first-order chi connectivity index (χ1) is 10.9. The Kier molecular flexibility index (Phi) is 5.76. The van der Waals surface area contributed by atoms with E-state index in [1.165, 1.54) is 23.2 Å². The number of carbonyl (C=O) groups excluding carboxylic acids is 2. The first-order valence-electron chi connectivity index (χ1n) is 7.73. The standard InChI is InChI=1S/C16H22N2O4S/c1-11-5-6-14(23-11)16(22)17-8-3-4-13(7-9-17)18(12(2)19)10-15(20)21/h5-6,13H,3-4,7-10H2,1-2H3,(H,20,21). The van der Waals surface area contributed by atoms with Crippen molar-refractivity contribution in [3.8, 4) is 0 Å². The number of nitrogens with zero attached hydrogens (tertiary/aromatic N) is 2. The second kappa shape index (κ2) is 7.59. The highest BCUT2D eigenvalue weighted by Gasteiger charge is 2.28. The molecule has 0 spiro atoms. The molecule has 1 aromatic heterocycles. The molecule has 1 unspecified atom stereocenters. The summed E-state index contributed by atoms with van der Waals surface area (Å²) in [7, 11) is 0. The SMILES string of the molecule is CC(=O)N(CC(=O)O)C1CCCN(C(=O)c2ccc(C)s2)CC1. The Hall–Kier alpha value is -1.89. The number of carboxylic acids is 1. The summed E-state index contributed by atoms with van der Waals surface area (Å²) >= 11 is 1.48. The summed E-state index contributed by atoms with van der Waals surface area (Å²) in [5, 5.41) is 8.97. The van der Waals surface area contributed by atoms with Gasteiger partial charge in [-0.25, -0.2) is 0 Å². The zero-order valence-electron chi connectivity index (χ0n) is 13.4. The zero-order valence-corrected chi connectivity index (χ0v) is 14.3. The molecule has 2 rings (SSSR count). The van der Waals surface area contributed by atoms with Crippen molar-refractivity contribution in [1.29, 1.82) is 0 Å². The van der Waals surface area contributed by atoms with Crippen LogP contribution in [0.1, 0.15) is 40.7 Å². The summed E-state index contributed by atoms with van der Waals surface area (Å²) < 4.78 is 0. The van der Waals surface area contributed by atoms with E-state index in [1.807, 2.05) is 24.0 Å². The third-order valence-electron chi connectivity index (χ3n) is 4.09. The molecule has 6 nitrogen and oxygen atoms in total. The number of carbonyl (C=O) groups is 3. The fourth-order valence-corrected chi connectivity index (χ4v) is 3.78. The minimum atomic E-state index is -1.01. The summed E-state index contributed by atoms with van der Waals surface area (Å²) in [6.45, 7) is 4.27. The van der Waals surface area contributed by atoms with Crippen molar-refractivity contribution in [2.24, 2.45) is 0 Å². The maximum atomic E-state index is 12.5.